The Labute approximate surface area is 137 Å². The number of halogens is 3. The van der Waals surface area contributed by atoms with Gasteiger partial charge in [0.15, 0.2) is 0 Å². The summed E-state index contributed by atoms with van der Waals surface area (Å²) in [6.07, 6.45) is 0.975. The van der Waals surface area contributed by atoms with Crippen LogP contribution < -0.4 is 5.32 Å². The molecule has 1 unspecified atom stereocenters. The minimum absolute atomic E-state index is 0.131. The average Bonchev–Trinajstić information content (AvgIpc) is 2.44. The minimum atomic E-state index is -0.256. The fourth-order valence-electron chi connectivity index (χ4n) is 2.33. The maximum Gasteiger partial charge on any atom is 0.124 e. The zero-order chi connectivity index (χ0) is 15.4. The second kappa shape index (κ2) is 7.31. The Morgan fingerprint density at radius 3 is 2.38 bits per heavy atom. The van der Waals surface area contributed by atoms with Crippen molar-refractivity contribution in [2.24, 2.45) is 0 Å². The van der Waals surface area contributed by atoms with Crippen molar-refractivity contribution in [2.45, 2.75) is 26.3 Å². The highest BCUT2D eigenvalue weighted by molar-refractivity contribution is 14.1. The van der Waals surface area contributed by atoms with Crippen molar-refractivity contribution in [1.82, 2.24) is 5.32 Å². The monoisotopic (exact) mass is 401 g/mol. The Morgan fingerprint density at radius 1 is 1.05 bits per heavy atom. The van der Waals surface area contributed by atoms with Crippen molar-refractivity contribution < 1.29 is 8.78 Å². The van der Waals surface area contributed by atoms with Crippen LogP contribution in [0.4, 0.5) is 8.78 Å². The number of hydrogen-bond acceptors (Lipinski definition) is 1. The Kier molecular flexibility index (Phi) is 5.70. The molecular weight excluding hydrogens is 383 g/mol. The minimum Gasteiger partial charge on any atom is -0.306 e. The van der Waals surface area contributed by atoms with Crippen LogP contribution in [0.3, 0.4) is 0 Å². The molecule has 0 aliphatic heterocycles. The number of nitrogens with one attached hydrogen (secondary N) is 1. The van der Waals surface area contributed by atoms with Crippen molar-refractivity contribution >= 4 is 22.6 Å². The van der Waals surface area contributed by atoms with E-state index in [9.17, 15) is 8.78 Å². The Bertz CT molecular complexity index is 628. The molecule has 2 aromatic carbocycles. The van der Waals surface area contributed by atoms with E-state index in [0.717, 1.165) is 33.2 Å². The van der Waals surface area contributed by atoms with E-state index in [1.165, 1.54) is 18.2 Å². The Hall–Kier alpha value is -1.01. The number of hydrogen-bond donors (Lipinski definition) is 1. The van der Waals surface area contributed by atoms with Gasteiger partial charge in [0.1, 0.15) is 11.6 Å². The van der Waals surface area contributed by atoms with Crippen LogP contribution in [0.2, 0.25) is 0 Å². The van der Waals surface area contributed by atoms with Crippen LogP contribution in [0.1, 0.15) is 36.1 Å². The van der Waals surface area contributed by atoms with Crippen LogP contribution in [-0.4, -0.2) is 6.54 Å². The van der Waals surface area contributed by atoms with E-state index in [4.69, 9.17) is 0 Å². The summed E-state index contributed by atoms with van der Waals surface area (Å²) in [6, 6.07) is 9.40. The van der Waals surface area contributed by atoms with Gasteiger partial charge in [0.25, 0.3) is 0 Å². The quantitative estimate of drug-likeness (QED) is 0.698. The summed E-state index contributed by atoms with van der Waals surface area (Å²) in [6.45, 7) is 4.86. The third-order valence-corrected chi connectivity index (χ3v) is 4.36. The van der Waals surface area contributed by atoms with Crippen LogP contribution in [0.15, 0.2) is 36.4 Å². The molecule has 0 aromatic heterocycles. The zero-order valence-electron chi connectivity index (χ0n) is 12.1. The number of rotatable bonds is 5. The van der Waals surface area contributed by atoms with Gasteiger partial charge in [-0.1, -0.05) is 19.1 Å². The van der Waals surface area contributed by atoms with E-state index in [-0.39, 0.29) is 17.7 Å². The first-order valence-electron chi connectivity index (χ1n) is 6.97. The molecule has 0 aliphatic carbocycles. The second-order valence-electron chi connectivity index (χ2n) is 5.05. The highest BCUT2D eigenvalue weighted by atomic mass is 127. The first kappa shape index (κ1) is 16.4. The molecule has 2 rings (SSSR count). The molecule has 0 saturated heterocycles. The van der Waals surface area contributed by atoms with E-state index in [1.807, 2.05) is 6.92 Å². The summed E-state index contributed by atoms with van der Waals surface area (Å²) < 4.78 is 27.8. The molecule has 1 N–H and O–H groups in total. The van der Waals surface area contributed by atoms with Gasteiger partial charge in [0, 0.05) is 3.57 Å². The highest BCUT2D eigenvalue weighted by Crippen LogP contribution is 2.29. The van der Waals surface area contributed by atoms with Crippen molar-refractivity contribution in [3.8, 4) is 0 Å². The predicted octanol–water partition coefficient (Wildman–Crippen LogP) is 4.97. The molecule has 2 aromatic rings. The highest BCUT2D eigenvalue weighted by Gasteiger charge is 2.19. The van der Waals surface area contributed by atoms with Crippen LogP contribution in [-0.2, 0) is 0 Å². The molecule has 4 heteroatoms. The maximum absolute atomic E-state index is 13.6. The zero-order valence-corrected chi connectivity index (χ0v) is 14.2. The van der Waals surface area contributed by atoms with E-state index in [2.05, 4.69) is 34.8 Å². The van der Waals surface area contributed by atoms with Gasteiger partial charge in [-0.25, -0.2) is 8.78 Å². The molecule has 0 fully saturated rings. The van der Waals surface area contributed by atoms with Gasteiger partial charge in [-0.3, -0.25) is 0 Å². The van der Waals surface area contributed by atoms with Crippen molar-refractivity contribution in [3.05, 3.63) is 68.3 Å². The van der Waals surface area contributed by atoms with E-state index in [0.29, 0.717) is 0 Å². The van der Waals surface area contributed by atoms with Crippen LogP contribution in [0.5, 0.6) is 0 Å². The van der Waals surface area contributed by atoms with E-state index < -0.39 is 0 Å². The molecule has 0 bridgehead atoms. The van der Waals surface area contributed by atoms with E-state index >= 15 is 0 Å². The number of benzene rings is 2. The second-order valence-corrected chi connectivity index (χ2v) is 6.22. The van der Waals surface area contributed by atoms with Gasteiger partial charge in [-0.15, -0.1) is 0 Å². The van der Waals surface area contributed by atoms with Gasteiger partial charge in [0.05, 0.1) is 6.04 Å². The lowest BCUT2D eigenvalue weighted by molar-refractivity contribution is 0.578. The maximum atomic E-state index is 13.6. The molecule has 0 heterocycles. The Balaban J connectivity index is 2.49. The smallest absolute Gasteiger partial charge is 0.124 e. The molecule has 1 nitrogen and oxygen atoms in total. The largest absolute Gasteiger partial charge is 0.306 e. The summed E-state index contributed by atoms with van der Waals surface area (Å²) >= 11 is 2.13. The standard InChI is InChI=1S/C17H18F2IN/c1-3-8-21-17(14-7-6-13(19)10-16(14)20)15-9-12(18)5-4-11(15)2/h4-7,9-10,17,21H,3,8H2,1-2H3. The van der Waals surface area contributed by atoms with Gasteiger partial charge in [0.2, 0.25) is 0 Å². The first-order valence-corrected chi connectivity index (χ1v) is 8.05. The lowest BCUT2D eigenvalue weighted by Crippen LogP contribution is -2.25. The lowest BCUT2D eigenvalue weighted by Gasteiger charge is -2.23. The fourth-order valence-corrected chi connectivity index (χ4v) is 3.12. The van der Waals surface area contributed by atoms with Crippen LogP contribution in [0.25, 0.3) is 0 Å². The van der Waals surface area contributed by atoms with Crippen LogP contribution >= 0.6 is 22.6 Å². The molecular formula is C17H18F2IN. The molecule has 1 atom stereocenters. The van der Waals surface area contributed by atoms with Crippen molar-refractivity contribution in [3.63, 3.8) is 0 Å². The predicted molar refractivity (Wildman–Crippen MR) is 90.4 cm³/mol. The summed E-state index contributed by atoms with van der Waals surface area (Å²) in [7, 11) is 0. The van der Waals surface area contributed by atoms with Gasteiger partial charge in [-0.2, -0.15) is 0 Å². The summed E-state index contributed by atoms with van der Waals surface area (Å²) in [5, 5.41) is 3.44. The average molecular weight is 401 g/mol. The van der Waals surface area contributed by atoms with Crippen molar-refractivity contribution in [1.29, 1.82) is 0 Å². The van der Waals surface area contributed by atoms with Crippen molar-refractivity contribution in [2.75, 3.05) is 6.54 Å². The summed E-state index contributed by atoms with van der Waals surface area (Å²) in [5.74, 6) is -0.510. The molecule has 0 radical (unpaired) electrons. The molecule has 0 amide bonds. The van der Waals surface area contributed by atoms with Crippen LogP contribution in [0, 0.1) is 22.1 Å². The lowest BCUT2D eigenvalue weighted by atomic mass is 9.94. The number of aryl methyl sites for hydroxylation is 1. The topological polar surface area (TPSA) is 12.0 Å². The molecule has 0 spiro atoms. The van der Waals surface area contributed by atoms with E-state index in [1.54, 1.807) is 18.2 Å². The molecule has 0 aliphatic rings. The van der Waals surface area contributed by atoms with Gasteiger partial charge < -0.3 is 5.32 Å². The molecule has 21 heavy (non-hydrogen) atoms. The van der Waals surface area contributed by atoms with Gasteiger partial charge >= 0.3 is 0 Å². The SMILES string of the molecule is CCCNC(c1cc(F)ccc1C)c1ccc(F)cc1I. The third kappa shape index (κ3) is 4.01. The Morgan fingerprint density at radius 2 is 1.71 bits per heavy atom. The normalized spacial score (nSPS) is 12.4. The summed E-state index contributed by atoms with van der Waals surface area (Å²) in [5.41, 5.74) is 2.89. The fraction of sp³-hybridized carbons (Fsp3) is 0.294. The van der Waals surface area contributed by atoms with Gasteiger partial charge in [-0.05, 0) is 83.4 Å². The summed E-state index contributed by atoms with van der Waals surface area (Å²) in [4.78, 5) is 0. The molecule has 0 saturated carbocycles. The third-order valence-electron chi connectivity index (χ3n) is 3.42. The molecule has 112 valence electrons. The first-order chi connectivity index (χ1) is 10.0.